The number of carbonyl (C=O) groups is 2. The van der Waals surface area contributed by atoms with Crippen molar-refractivity contribution in [2.75, 3.05) is 21.3 Å². The number of ketones is 1. The van der Waals surface area contributed by atoms with E-state index >= 15 is 0 Å². The standard InChI is InChI=1S/C19H27O7P.C19H26O4.C11H18O.C8H8O3/c1-23-19(16-11-6-12-17(13-16)24-27(20,21)22)18(25-26-19)14-7-3-2-4-8-15(18)10-5-9-14;1-21-19(16-11-6-12-17(20)13-16)18(22-23-19)14-7-3-2-4-8-15(18)10-5-9-14;12-11-9-5-2-1-3-6-10(11)8-4-7-9;1-11-8(10)6-3-2-4-7(9)5-6/h6,11-15H,2-5,7-10H2,1H3,(H2,20,21,22);6,11-15,20H,2-5,7-10H2,1H3;9-10H,1-8H2;2-5,9H,1H3/p-3. The first-order valence-electron chi connectivity index (χ1n) is 27.1. The quantitative estimate of drug-likeness (QED) is 0.132. The summed E-state index contributed by atoms with van der Waals surface area (Å²) >= 11 is 0. The van der Waals surface area contributed by atoms with Crippen LogP contribution in [0.4, 0.5) is 0 Å². The Morgan fingerprint density at radius 2 is 0.945 bits per heavy atom. The average molecular weight is 1030 g/mol. The van der Waals surface area contributed by atoms with Gasteiger partial charge < -0.3 is 38.7 Å². The number of rotatable bonds is 7. The first-order chi connectivity index (χ1) is 35.3. The molecule has 6 aliphatic carbocycles. The number of hydrogen-bond acceptors (Lipinski definition) is 14. The summed E-state index contributed by atoms with van der Waals surface area (Å²) in [6.45, 7) is 0. The molecular formula is C57H76O15P-3. The molecule has 2 aliphatic heterocycles. The third kappa shape index (κ3) is 11.5. The lowest BCUT2D eigenvalue weighted by molar-refractivity contribution is -0.640. The Balaban J connectivity index is 0.000000139. The average Bonchev–Trinajstić information content (AvgIpc) is 3.36. The van der Waals surface area contributed by atoms with Gasteiger partial charge in [-0.1, -0.05) is 132 Å². The minimum atomic E-state index is -4.89. The van der Waals surface area contributed by atoms with E-state index in [0.29, 0.717) is 52.4 Å². The van der Waals surface area contributed by atoms with E-state index in [1.807, 2.05) is 12.1 Å². The van der Waals surface area contributed by atoms with Gasteiger partial charge in [-0.15, -0.1) is 11.5 Å². The number of methoxy groups -OCH3 is 3. The van der Waals surface area contributed by atoms with Gasteiger partial charge in [-0.3, -0.25) is 9.36 Å². The molecule has 15 nitrogen and oxygen atoms in total. The fraction of sp³-hybridized carbons (Fsp3) is 0.649. The number of benzene rings is 3. The molecule has 6 saturated carbocycles. The van der Waals surface area contributed by atoms with Crippen molar-refractivity contribution >= 4 is 19.6 Å². The first-order valence-corrected chi connectivity index (χ1v) is 28.6. The molecule has 402 valence electrons. The predicted molar refractivity (Wildman–Crippen MR) is 264 cm³/mol. The topological polar surface area (TPSA) is 214 Å². The van der Waals surface area contributed by atoms with Crippen LogP contribution in [0.1, 0.15) is 176 Å². The fourth-order valence-corrected chi connectivity index (χ4v) is 14.5. The summed E-state index contributed by atoms with van der Waals surface area (Å²) in [4.78, 5) is 66.0. The second-order valence-electron chi connectivity index (χ2n) is 21.5. The van der Waals surface area contributed by atoms with Crippen molar-refractivity contribution in [3.8, 4) is 17.2 Å². The van der Waals surface area contributed by atoms with Crippen molar-refractivity contribution in [2.45, 2.75) is 177 Å². The highest BCUT2D eigenvalue weighted by Crippen LogP contribution is 2.65. The Morgan fingerprint density at radius 3 is 1.36 bits per heavy atom. The van der Waals surface area contributed by atoms with Crippen LogP contribution in [-0.2, 0) is 54.7 Å². The van der Waals surface area contributed by atoms with Gasteiger partial charge in [0.25, 0.3) is 11.6 Å². The molecule has 2 saturated heterocycles. The van der Waals surface area contributed by atoms with Crippen molar-refractivity contribution in [1.29, 1.82) is 0 Å². The molecule has 2 heterocycles. The molecule has 1 N–H and O–H groups in total. The van der Waals surface area contributed by atoms with Crippen LogP contribution in [0.15, 0.2) is 72.8 Å². The van der Waals surface area contributed by atoms with Gasteiger partial charge in [-0.05, 0) is 119 Å². The maximum atomic E-state index is 11.9. The van der Waals surface area contributed by atoms with Gasteiger partial charge in [0.1, 0.15) is 11.5 Å². The summed E-state index contributed by atoms with van der Waals surface area (Å²) in [5.41, 5.74) is 0.712. The highest BCUT2D eigenvalue weighted by Gasteiger charge is 2.74. The zero-order valence-electron chi connectivity index (χ0n) is 43.0. The number of ether oxygens (including phenoxy) is 3. The van der Waals surface area contributed by atoms with Crippen LogP contribution in [-0.4, -0.2) is 49.2 Å². The van der Waals surface area contributed by atoms with Crippen LogP contribution < -0.4 is 19.6 Å². The Morgan fingerprint density at radius 1 is 0.548 bits per heavy atom. The molecule has 8 fully saturated rings. The fourth-order valence-electron chi connectivity index (χ4n) is 14.1. The van der Waals surface area contributed by atoms with E-state index in [0.717, 1.165) is 69.8 Å². The highest BCUT2D eigenvalue weighted by atomic mass is 31.2. The van der Waals surface area contributed by atoms with Crippen molar-refractivity contribution in [3.05, 3.63) is 89.5 Å². The lowest BCUT2D eigenvalue weighted by Gasteiger charge is -2.63. The summed E-state index contributed by atoms with van der Waals surface area (Å²) in [6.07, 6.45) is 28.7. The van der Waals surface area contributed by atoms with E-state index < -0.39 is 36.6 Å². The monoisotopic (exact) mass is 1030 g/mol. The molecule has 0 aromatic heterocycles. The molecule has 6 bridgehead atoms. The summed E-state index contributed by atoms with van der Waals surface area (Å²) in [5.74, 6) is 0.340. The number of phosphoric ester groups is 1. The number of hydrogen-bond donors (Lipinski definition) is 1. The summed E-state index contributed by atoms with van der Waals surface area (Å²) in [7, 11) is -0.345. The van der Waals surface area contributed by atoms with Gasteiger partial charge in [0.2, 0.25) is 0 Å². The molecule has 0 amide bonds. The molecule has 11 rings (SSSR count). The van der Waals surface area contributed by atoms with Gasteiger partial charge in [-0.25, -0.2) is 14.6 Å². The number of carbonyl (C=O) groups excluding carboxylic acids is 2. The molecule has 73 heavy (non-hydrogen) atoms. The van der Waals surface area contributed by atoms with Crippen LogP contribution in [0.25, 0.3) is 0 Å². The lowest BCUT2D eigenvalue weighted by Crippen LogP contribution is -2.73. The van der Waals surface area contributed by atoms with E-state index in [1.165, 1.54) is 127 Å². The molecule has 8 aliphatic rings. The molecule has 3 aromatic carbocycles. The zero-order valence-corrected chi connectivity index (χ0v) is 43.9. The van der Waals surface area contributed by atoms with Crippen LogP contribution in [0.2, 0.25) is 0 Å². The normalized spacial score (nSPS) is 34.3. The molecule has 9 unspecified atom stereocenters. The third-order valence-corrected chi connectivity index (χ3v) is 17.9. The van der Waals surface area contributed by atoms with Gasteiger partial charge >= 0.3 is 13.8 Å². The Labute approximate surface area is 431 Å². The summed E-state index contributed by atoms with van der Waals surface area (Å²) in [5, 5.41) is 22.6. The lowest BCUT2D eigenvalue weighted by atomic mass is 9.58. The number of esters is 1. The van der Waals surface area contributed by atoms with Gasteiger partial charge in [0, 0.05) is 37.2 Å². The molecule has 3 aromatic rings. The minimum absolute atomic E-state index is 0.0134. The molecule has 9 atom stereocenters. The Bertz CT molecular complexity index is 2300. The molecule has 2 spiro atoms. The van der Waals surface area contributed by atoms with Crippen LogP contribution in [0.3, 0.4) is 0 Å². The second kappa shape index (κ2) is 24.4. The minimum Gasteiger partial charge on any atom is -0.872 e. The van der Waals surface area contributed by atoms with E-state index in [2.05, 4.69) is 9.26 Å². The summed E-state index contributed by atoms with van der Waals surface area (Å²) < 4.78 is 32.1. The van der Waals surface area contributed by atoms with E-state index in [4.69, 9.17) is 33.9 Å². The van der Waals surface area contributed by atoms with Crippen LogP contribution >= 0.6 is 7.82 Å². The smallest absolute Gasteiger partial charge is 0.337 e. The van der Waals surface area contributed by atoms with E-state index in [9.17, 15) is 29.3 Å². The maximum absolute atomic E-state index is 11.9. The highest BCUT2D eigenvalue weighted by molar-refractivity contribution is 7.45. The van der Waals surface area contributed by atoms with Crippen molar-refractivity contribution < 1.29 is 72.4 Å². The third-order valence-electron chi connectivity index (χ3n) is 17.5. The maximum Gasteiger partial charge on any atom is 0.337 e. The Hall–Kier alpha value is -3.89. The number of fused-ring (bicyclic) bond motifs is 2. The first kappa shape index (κ1) is 55.3. The number of Topliss-reactive ketones (excluding diaryl/α,β-unsaturated/α-hetero) is 1. The molecule has 16 heteroatoms. The van der Waals surface area contributed by atoms with E-state index in [-0.39, 0.29) is 17.2 Å². The largest absolute Gasteiger partial charge is 0.872 e. The van der Waals surface area contributed by atoms with Gasteiger partial charge in [0.15, 0.2) is 11.2 Å². The van der Waals surface area contributed by atoms with Gasteiger partial charge in [-0.2, -0.15) is 9.78 Å². The van der Waals surface area contributed by atoms with Crippen LogP contribution in [0.5, 0.6) is 17.2 Å². The summed E-state index contributed by atoms with van der Waals surface area (Å²) in [6, 6.07) is 19.1. The van der Waals surface area contributed by atoms with Crippen molar-refractivity contribution in [2.24, 2.45) is 35.5 Å². The number of phosphoric acid groups is 1. The predicted octanol–water partition coefficient (Wildman–Crippen LogP) is 10.5. The van der Waals surface area contributed by atoms with Crippen LogP contribution in [0, 0.1) is 35.5 Å². The van der Waals surface area contributed by atoms with E-state index in [1.54, 1.807) is 44.6 Å². The second-order valence-corrected chi connectivity index (χ2v) is 22.6. The molecular weight excluding hydrogens is 956 g/mol. The molecule has 0 radical (unpaired) electrons. The van der Waals surface area contributed by atoms with Crippen molar-refractivity contribution in [1.82, 2.24) is 0 Å². The zero-order chi connectivity index (χ0) is 51.7. The van der Waals surface area contributed by atoms with Gasteiger partial charge in [0.05, 0.1) is 12.7 Å². The van der Waals surface area contributed by atoms with Crippen molar-refractivity contribution in [3.63, 3.8) is 0 Å². The Kier molecular flexibility index (Phi) is 18.5. The SMILES string of the molecule is COC(=O)c1cccc([O-])c1.COC1(c2cccc(OP(=O)([O-])O)c2)OOC12C1CCCCCC2CCC1.COC1(c2cccc([O-])c2)OOC12C1CCCCCC2CCC1.O=C1C2CCCCCC1CCC2.